The highest BCUT2D eigenvalue weighted by Gasteiger charge is 2.44. The van der Waals surface area contributed by atoms with Gasteiger partial charge in [-0.15, -0.1) is 0 Å². The molecule has 4 atom stereocenters. The Morgan fingerprint density at radius 3 is 1.83 bits per heavy atom. The van der Waals surface area contributed by atoms with Crippen LogP contribution in [0.4, 0.5) is 0 Å². The lowest BCUT2D eigenvalue weighted by Gasteiger charge is -2.54. The van der Waals surface area contributed by atoms with Crippen LogP contribution in [0.5, 0.6) is 0 Å². The number of carbonyl (C=O) groups is 2. The molecule has 7 heteroatoms. The Morgan fingerprint density at radius 1 is 0.897 bits per heavy atom. The number of hydrogen-bond donors (Lipinski definition) is 0. The number of hydrogen-bond acceptors (Lipinski definition) is 2. The Hall–Kier alpha value is -0.915. The van der Waals surface area contributed by atoms with Crippen LogP contribution in [0, 0.1) is 0 Å². The molecule has 2 aliphatic rings. The van der Waals surface area contributed by atoms with Crippen LogP contribution in [-0.4, -0.2) is 78.0 Å². The first-order valence-electron chi connectivity index (χ1n) is 10.6. The molecule has 0 spiro atoms. The number of carbonyl (C=O) groups excluding carboxylic acids is 2. The molecule has 1 aromatic carbocycles. The van der Waals surface area contributed by atoms with Crippen molar-refractivity contribution >= 4 is 45.1 Å². The zero-order valence-electron chi connectivity index (χ0n) is 18.6. The largest absolute Gasteiger partial charge is 0.342 e. The van der Waals surface area contributed by atoms with Crippen molar-refractivity contribution < 1.29 is 9.59 Å². The smallest absolute Gasteiger partial charge is 0.219 e. The van der Waals surface area contributed by atoms with Crippen LogP contribution in [0.15, 0.2) is 24.3 Å². The first-order chi connectivity index (χ1) is 13.6. The van der Waals surface area contributed by atoms with Gasteiger partial charge in [0.05, 0.1) is 18.4 Å². The van der Waals surface area contributed by atoms with Crippen molar-refractivity contribution in [3.05, 3.63) is 24.3 Å². The Labute approximate surface area is 179 Å². The van der Waals surface area contributed by atoms with Gasteiger partial charge in [-0.1, -0.05) is 40.0 Å². The van der Waals surface area contributed by atoms with Crippen molar-refractivity contribution in [2.24, 2.45) is 0 Å². The maximum atomic E-state index is 12.0. The number of rotatable bonds is 2. The Morgan fingerprint density at radius 2 is 1.34 bits per heavy atom. The summed E-state index contributed by atoms with van der Waals surface area (Å²) in [5, 5.41) is 2.81. The number of benzene rings is 1. The Balaban J connectivity index is 1.99. The quantitative estimate of drug-likeness (QED) is 0.534. The van der Waals surface area contributed by atoms with Gasteiger partial charge in [0.1, 0.15) is 0 Å². The first-order valence-corrected chi connectivity index (χ1v) is 14.1. The fourth-order valence-corrected chi connectivity index (χ4v) is 12.8. The summed E-state index contributed by atoms with van der Waals surface area (Å²) < 4.78 is 0. The lowest BCUT2D eigenvalue weighted by atomic mass is 10.3. The molecular weight excluding hydrogens is 397 g/mol. The molecule has 3 radical (unpaired) electrons. The third-order valence-electron chi connectivity index (χ3n) is 6.81. The van der Waals surface area contributed by atoms with Gasteiger partial charge in [0, 0.05) is 43.6 Å². The summed E-state index contributed by atoms with van der Waals surface area (Å²) in [6.45, 7) is 15.5. The van der Waals surface area contributed by atoms with Crippen molar-refractivity contribution in [2.45, 2.75) is 64.2 Å². The van der Waals surface area contributed by atoms with E-state index >= 15 is 0 Å². The van der Waals surface area contributed by atoms with E-state index in [2.05, 4.69) is 52.0 Å². The van der Waals surface area contributed by atoms with E-state index in [0.29, 0.717) is 11.3 Å². The lowest BCUT2D eigenvalue weighted by Crippen LogP contribution is -2.53. The van der Waals surface area contributed by atoms with E-state index in [-0.39, 0.29) is 23.1 Å². The van der Waals surface area contributed by atoms with Crippen molar-refractivity contribution in [2.75, 3.05) is 26.2 Å². The molecule has 0 bridgehead atoms. The average molecular weight is 431 g/mol. The van der Waals surface area contributed by atoms with E-state index in [9.17, 15) is 9.59 Å². The van der Waals surface area contributed by atoms with Gasteiger partial charge in [-0.2, -0.15) is 0 Å². The second-order valence-corrected chi connectivity index (χ2v) is 15.9. The third kappa shape index (κ3) is 4.15. The minimum Gasteiger partial charge on any atom is -0.342 e. The molecule has 2 aliphatic heterocycles. The second kappa shape index (κ2) is 8.68. The highest BCUT2D eigenvalue weighted by atomic mass is 31.2. The molecule has 0 aromatic heterocycles. The Kier molecular flexibility index (Phi) is 6.81. The topological polar surface area (TPSA) is 40.6 Å². The monoisotopic (exact) mass is 431 g/mol. The third-order valence-corrected chi connectivity index (χ3v) is 14.6. The van der Waals surface area contributed by atoms with Gasteiger partial charge < -0.3 is 9.80 Å². The van der Waals surface area contributed by atoms with Crippen LogP contribution in [-0.2, 0) is 9.59 Å². The van der Waals surface area contributed by atoms with Crippen molar-refractivity contribution in [3.8, 4) is 0 Å². The molecule has 0 aliphatic carbocycles. The summed E-state index contributed by atoms with van der Waals surface area (Å²) in [5.74, 6) is 0.319. The van der Waals surface area contributed by atoms with Crippen molar-refractivity contribution in [3.63, 3.8) is 0 Å². The predicted octanol–water partition coefficient (Wildman–Crippen LogP) is 2.80. The van der Waals surface area contributed by atoms with Gasteiger partial charge in [0.25, 0.3) is 0 Å². The van der Waals surface area contributed by atoms with E-state index in [0.717, 1.165) is 26.2 Å². The molecular formula is C22H34BN2O2P2. The maximum absolute atomic E-state index is 12.0. The molecule has 29 heavy (non-hydrogen) atoms. The summed E-state index contributed by atoms with van der Waals surface area (Å²) in [6.07, 6.45) is 0. The van der Waals surface area contributed by atoms with Crippen LogP contribution < -0.4 is 10.6 Å². The summed E-state index contributed by atoms with van der Waals surface area (Å²) in [5.41, 5.74) is 1.48. The summed E-state index contributed by atoms with van der Waals surface area (Å²) in [7, 11) is 4.99. The van der Waals surface area contributed by atoms with Crippen molar-refractivity contribution in [1.29, 1.82) is 0 Å². The molecule has 0 unspecified atom stereocenters. The standard InChI is InChI=1S/C22H34BN2O2P2/c1-15-11-24(19(5)26)12-16(2)28(15)21-9-7-8-10-22(21)29(23)17(3)13-25(20(6)27)14-18(29)4/h7-10,15-18H,11-14H2,1-6H3/t15-,16-,17-,18-/m1/s1. The molecule has 157 valence electrons. The maximum Gasteiger partial charge on any atom is 0.219 e. The van der Waals surface area contributed by atoms with E-state index < -0.39 is 15.1 Å². The average Bonchev–Trinajstić information content (AvgIpc) is 2.65. The van der Waals surface area contributed by atoms with Gasteiger partial charge in [-0.3, -0.25) is 17.2 Å². The van der Waals surface area contributed by atoms with Crippen LogP contribution in [0.2, 0.25) is 0 Å². The zero-order valence-corrected chi connectivity index (χ0v) is 20.4. The predicted molar refractivity (Wildman–Crippen MR) is 128 cm³/mol. The summed E-state index contributed by atoms with van der Waals surface area (Å²) in [6, 6.07) is 8.83. The van der Waals surface area contributed by atoms with Crippen LogP contribution >= 0.6 is 15.1 Å². The second-order valence-electron chi connectivity index (χ2n) is 8.97. The lowest BCUT2D eigenvalue weighted by molar-refractivity contribution is -0.129. The Bertz CT molecular complexity index is 766. The first kappa shape index (κ1) is 22.8. The molecule has 0 saturated carbocycles. The highest BCUT2D eigenvalue weighted by molar-refractivity contribution is 8.04. The fourth-order valence-electron chi connectivity index (χ4n) is 5.21. The van der Waals surface area contributed by atoms with Gasteiger partial charge in [-0.25, -0.2) is 7.14 Å². The fraction of sp³-hybridized carbons (Fsp3) is 0.636. The van der Waals surface area contributed by atoms with E-state index in [4.69, 9.17) is 7.57 Å². The van der Waals surface area contributed by atoms with Crippen molar-refractivity contribution in [1.82, 2.24) is 9.80 Å². The van der Waals surface area contributed by atoms with Gasteiger partial charge in [0.2, 0.25) is 11.8 Å². The van der Waals surface area contributed by atoms with E-state index in [1.54, 1.807) is 13.8 Å². The van der Waals surface area contributed by atoms with Gasteiger partial charge >= 0.3 is 0 Å². The highest BCUT2D eigenvalue weighted by Crippen LogP contribution is 2.64. The molecule has 2 fully saturated rings. The molecule has 3 rings (SSSR count). The number of amides is 2. The van der Waals surface area contributed by atoms with E-state index in [1.165, 1.54) is 10.6 Å². The van der Waals surface area contributed by atoms with Crippen LogP contribution in [0.1, 0.15) is 41.5 Å². The summed E-state index contributed by atoms with van der Waals surface area (Å²) >= 11 is 0. The van der Waals surface area contributed by atoms with Gasteiger partial charge in [0.15, 0.2) is 0 Å². The SMILES string of the molecule is [B-][P+]1(c2ccccc2P2[C@H](C)CN(C(C)=O)C[C@H]2C)[C@H](C)CN(C(C)=O)C[C@H]1C. The normalized spacial score (nSPS) is 30.3. The molecule has 4 nitrogen and oxygen atoms in total. The van der Waals surface area contributed by atoms with E-state index in [1.807, 2.05) is 9.80 Å². The molecule has 0 N–H and O–H groups in total. The number of nitrogens with zero attached hydrogens (tertiary/aromatic N) is 2. The minimum atomic E-state index is -1.92. The van der Waals surface area contributed by atoms with Crippen LogP contribution in [0.3, 0.4) is 0 Å². The summed E-state index contributed by atoms with van der Waals surface area (Å²) in [4.78, 5) is 27.9. The molecule has 2 amide bonds. The molecule has 2 saturated heterocycles. The molecule has 2 heterocycles. The van der Waals surface area contributed by atoms with Gasteiger partial charge in [-0.05, 0) is 31.2 Å². The van der Waals surface area contributed by atoms with Crippen LogP contribution in [0.25, 0.3) is 0 Å². The molecule has 1 aromatic rings. The zero-order chi connectivity index (χ0) is 21.5. The minimum absolute atomic E-state index is 0.145.